The Kier molecular flexibility index (Phi) is 1.76. The van der Waals surface area contributed by atoms with Crippen molar-refractivity contribution < 1.29 is 14.6 Å². The van der Waals surface area contributed by atoms with Gasteiger partial charge in [0.15, 0.2) is 0 Å². The van der Waals surface area contributed by atoms with Crippen molar-refractivity contribution >= 4 is 5.97 Å². The third-order valence-electron chi connectivity index (χ3n) is 1.77. The van der Waals surface area contributed by atoms with Crippen molar-refractivity contribution in [3.05, 3.63) is 11.6 Å². The summed E-state index contributed by atoms with van der Waals surface area (Å²) in [5.74, 6) is -0.433. The zero-order valence-corrected chi connectivity index (χ0v) is 6.92. The minimum absolute atomic E-state index is 0.433. The van der Waals surface area contributed by atoms with Gasteiger partial charge >= 0.3 is 5.97 Å². The van der Waals surface area contributed by atoms with Crippen molar-refractivity contribution in [2.45, 2.75) is 27.1 Å². The molecule has 0 aliphatic carbocycles. The summed E-state index contributed by atoms with van der Waals surface area (Å²) in [7, 11) is 0. The van der Waals surface area contributed by atoms with Crippen molar-refractivity contribution in [2.24, 2.45) is 5.41 Å². The number of ether oxygens (including phenoxy) is 1. The molecule has 3 nitrogen and oxygen atoms in total. The fraction of sp³-hybridized carbons (Fsp3) is 0.625. The number of aliphatic hydroxyl groups excluding tert-OH is 1. The van der Waals surface area contributed by atoms with Gasteiger partial charge in [-0.3, -0.25) is 0 Å². The second-order valence-corrected chi connectivity index (χ2v) is 3.41. The van der Waals surface area contributed by atoms with Crippen LogP contribution in [0.1, 0.15) is 20.8 Å². The van der Waals surface area contributed by atoms with Crippen molar-refractivity contribution in [3.63, 3.8) is 0 Å². The fourth-order valence-corrected chi connectivity index (χ4v) is 1.03. The Morgan fingerprint density at radius 3 is 2.64 bits per heavy atom. The van der Waals surface area contributed by atoms with Gasteiger partial charge in [0.2, 0.25) is 6.29 Å². The van der Waals surface area contributed by atoms with Crippen LogP contribution in [0, 0.1) is 5.41 Å². The van der Waals surface area contributed by atoms with E-state index in [-0.39, 0.29) is 0 Å². The average molecular weight is 156 g/mol. The van der Waals surface area contributed by atoms with Gasteiger partial charge in [-0.25, -0.2) is 4.79 Å². The maximum Gasteiger partial charge on any atom is 0.335 e. The highest BCUT2D eigenvalue weighted by Crippen LogP contribution is 2.29. The first-order chi connectivity index (χ1) is 4.93. The summed E-state index contributed by atoms with van der Waals surface area (Å²) in [5, 5.41) is 9.24. The predicted molar refractivity (Wildman–Crippen MR) is 39.6 cm³/mol. The van der Waals surface area contributed by atoms with Crippen LogP contribution in [-0.2, 0) is 9.53 Å². The molecule has 0 aromatic heterocycles. The van der Waals surface area contributed by atoms with Gasteiger partial charge in [-0.1, -0.05) is 19.9 Å². The number of hydrogen-bond donors (Lipinski definition) is 1. The van der Waals surface area contributed by atoms with Crippen LogP contribution in [0.15, 0.2) is 11.6 Å². The van der Waals surface area contributed by atoms with Gasteiger partial charge in [0, 0.05) is 11.0 Å². The molecule has 0 fully saturated rings. The highest BCUT2D eigenvalue weighted by atomic mass is 16.6. The monoisotopic (exact) mass is 156 g/mol. The van der Waals surface area contributed by atoms with E-state index in [0.29, 0.717) is 5.57 Å². The molecule has 0 bridgehead atoms. The lowest BCUT2D eigenvalue weighted by atomic mass is 9.88. The minimum Gasteiger partial charge on any atom is -0.432 e. The number of carbonyl (C=O) groups excluding carboxylic acids is 1. The zero-order valence-electron chi connectivity index (χ0n) is 6.92. The average Bonchev–Trinajstić information content (AvgIpc) is 1.83. The van der Waals surface area contributed by atoms with Crippen molar-refractivity contribution in [1.29, 1.82) is 0 Å². The van der Waals surface area contributed by atoms with E-state index in [1.165, 1.54) is 0 Å². The first-order valence-electron chi connectivity index (χ1n) is 3.52. The molecule has 11 heavy (non-hydrogen) atoms. The van der Waals surface area contributed by atoms with Crippen LogP contribution in [0.3, 0.4) is 0 Å². The molecule has 1 heterocycles. The molecule has 0 saturated carbocycles. The second kappa shape index (κ2) is 2.34. The van der Waals surface area contributed by atoms with Crippen LogP contribution in [0.5, 0.6) is 0 Å². The molecule has 62 valence electrons. The molecule has 1 aliphatic rings. The highest BCUT2D eigenvalue weighted by molar-refractivity contribution is 5.88. The van der Waals surface area contributed by atoms with E-state index in [1.54, 1.807) is 13.0 Å². The van der Waals surface area contributed by atoms with E-state index in [2.05, 4.69) is 4.74 Å². The van der Waals surface area contributed by atoms with E-state index < -0.39 is 17.7 Å². The Morgan fingerprint density at radius 1 is 1.64 bits per heavy atom. The number of cyclic esters (lactones) is 1. The molecule has 0 radical (unpaired) electrons. The van der Waals surface area contributed by atoms with Crippen LogP contribution >= 0.6 is 0 Å². The quantitative estimate of drug-likeness (QED) is 0.528. The van der Waals surface area contributed by atoms with Crippen LogP contribution < -0.4 is 0 Å². The molecule has 1 rings (SSSR count). The fourth-order valence-electron chi connectivity index (χ4n) is 1.03. The predicted octanol–water partition coefficient (Wildman–Crippen LogP) is 0.834. The Bertz CT molecular complexity index is 215. The number of hydrogen-bond acceptors (Lipinski definition) is 3. The minimum atomic E-state index is -1.02. The van der Waals surface area contributed by atoms with Crippen molar-refractivity contribution in [2.75, 3.05) is 0 Å². The summed E-state index contributed by atoms with van der Waals surface area (Å²) in [6, 6.07) is 0. The third-order valence-corrected chi connectivity index (χ3v) is 1.77. The summed E-state index contributed by atoms with van der Waals surface area (Å²) in [6.45, 7) is 5.30. The number of rotatable bonds is 0. The van der Waals surface area contributed by atoms with Crippen molar-refractivity contribution in [3.8, 4) is 0 Å². The number of esters is 1. The van der Waals surface area contributed by atoms with Gasteiger partial charge < -0.3 is 9.84 Å². The SMILES string of the molecule is CC1=CC(C)(C)C(O)OC1=O. The van der Waals surface area contributed by atoms with Gasteiger partial charge in [0.05, 0.1) is 0 Å². The molecule has 3 heteroatoms. The van der Waals surface area contributed by atoms with Gasteiger partial charge in [0.25, 0.3) is 0 Å². The first-order valence-corrected chi connectivity index (χ1v) is 3.52. The summed E-state index contributed by atoms with van der Waals surface area (Å²) in [6.07, 6.45) is 0.711. The molecule has 1 unspecified atom stereocenters. The first kappa shape index (κ1) is 8.27. The number of aliphatic hydroxyl groups is 1. The Morgan fingerprint density at radius 2 is 2.18 bits per heavy atom. The normalized spacial score (nSPS) is 29.3. The maximum absolute atomic E-state index is 10.8. The van der Waals surface area contributed by atoms with E-state index in [1.807, 2.05) is 13.8 Å². The maximum atomic E-state index is 10.8. The lowest BCUT2D eigenvalue weighted by Gasteiger charge is -2.31. The van der Waals surface area contributed by atoms with E-state index in [9.17, 15) is 9.90 Å². The summed E-state index contributed by atoms with van der Waals surface area (Å²) >= 11 is 0. The van der Waals surface area contributed by atoms with Gasteiger partial charge in [-0.05, 0) is 6.92 Å². The molecule has 1 N–H and O–H groups in total. The summed E-state index contributed by atoms with van der Waals surface area (Å²) < 4.78 is 4.66. The van der Waals surface area contributed by atoms with Gasteiger partial charge in [-0.2, -0.15) is 0 Å². The topological polar surface area (TPSA) is 46.5 Å². The van der Waals surface area contributed by atoms with E-state index in [0.717, 1.165) is 0 Å². The smallest absolute Gasteiger partial charge is 0.335 e. The number of carbonyl (C=O) groups is 1. The van der Waals surface area contributed by atoms with Crippen LogP contribution in [0.25, 0.3) is 0 Å². The molecule has 1 aliphatic heterocycles. The molecule has 0 aromatic rings. The molecule has 1 atom stereocenters. The Labute approximate surface area is 65.7 Å². The van der Waals surface area contributed by atoms with E-state index in [4.69, 9.17) is 0 Å². The zero-order chi connectivity index (χ0) is 8.65. The molecular formula is C8H12O3. The molecule has 0 spiro atoms. The van der Waals surface area contributed by atoms with Gasteiger partial charge in [0.1, 0.15) is 0 Å². The Hall–Kier alpha value is -0.830. The van der Waals surface area contributed by atoms with Crippen LogP contribution in [0.4, 0.5) is 0 Å². The summed E-state index contributed by atoms with van der Waals surface area (Å²) in [4.78, 5) is 10.8. The molecule has 0 amide bonds. The lowest BCUT2D eigenvalue weighted by molar-refractivity contribution is -0.182. The molecular weight excluding hydrogens is 144 g/mol. The second-order valence-electron chi connectivity index (χ2n) is 3.41. The van der Waals surface area contributed by atoms with Crippen molar-refractivity contribution in [1.82, 2.24) is 0 Å². The van der Waals surface area contributed by atoms with Gasteiger partial charge in [-0.15, -0.1) is 0 Å². The molecule has 0 saturated heterocycles. The lowest BCUT2D eigenvalue weighted by Crippen LogP contribution is -2.36. The third kappa shape index (κ3) is 1.43. The standard InChI is InChI=1S/C8H12O3/c1-5-4-8(2,3)7(10)11-6(5)9/h4,7,10H,1-3H3. The largest absolute Gasteiger partial charge is 0.432 e. The van der Waals surface area contributed by atoms with E-state index >= 15 is 0 Å². The Balaban J connectivity index is 2.96. The van der Waals surface area contributed by atoms with Crippen LogP contribution in [-0.4, -0.2) is 17.4 Å². The highest BCUT2D eigenvalue weighted by Gasteiger charge is 2.34. The van der Waals surface area contributed by atoms with Crippen LogP contribution in [0.2, 0.25) is 0 Å². The summed E-state index contributed by atoms with van der Waals surface area (Å²) in [5.41, 5.74) is 0.0955. The molecule has 0 aromatic carbocycles.